The van der Waals surface area contributed by atoms with E-state index in [9.17, 15) is 38.9 Å². The number of nitrogens with two attached hydrogens (primary N) is 2. The lowest BCUT2D eigenvalue weighted by Crippen LogP contribution is -2.60. The number of primary amides is 1. The number of aromatic nitrogens is 3. The van der Waals surface area contributed by atoms with Crippen molar-refractivity contribution in [2.45, 2.75) is 67.2 Å². The second-order valence-corrected chi connectivity index (χ2v) is 15.4. The molecule has 0 saturated heterocycles. The Hall–Kier alpha value is -7.06. The van der Waals surface area contributed by atoms with Gasteiger partial charge in [-0.1, -0.05) is 48.5 Å². The normalized spacial score (nSPS) is 20.7. The standard InChI is InChI=1S/C41H45N11O8S/c42-14-6-11-30-38(55)50-32(16-24-19-45-29-10-5-4-9-27(24)29)40(57)51-34(36(43)53)21-61-35-13-12-26(52(59)60)18-28(35)37(54)48-33(17-25-20-44-22-46-25)41(58)49-31(39(56)47-30)15-23-7-2-1-3-8-23/h1-5,7-10,12-13,18-20,22,30-34,45H,6,11,14-17,21,42H2,(H2,43,53)(H,44,46)(H,47,56)(H,48,54)(H,49,58)(H,50,55)(H,51,57)/t30-,31+,32-,33-,34-/m0/s1. The fourth-order valence-corrected chi connectivity index (χ4v) is 7.90. The van der Waals surface area contributed by atoms with E-state index in [1.807, 2.05) is 24.3 Å². The van der Waals surface area contributed by atoms with Crippen molar-refractivity contribution in [1.29, 1.82) is 0 Å². The summed E-state index contributed by atoms with van der Waals surface area (Å²) in [5.41, 5.74) is 13.5. The molecule has 318 valence electrons. The maximum absolute atomic E-state index is 14.3. The Morgan fingerprint density at radius 2 is 1.44 bits per heavy atom. The minimum absolute atomic E-state index is 0.0276. The molecule has 1 aliphatic heterocycles. The zero-order valence-electron chi connectivity index (χ0n) is 32.7. The number of rotatable bonds is 11. The molecule has 3 heterocycles. The zero-order valence-corrected chi connectivity index (χ0v) is 33.5. The highest BCUT2D eigenvalue weighted by atomic mass is 32.2. The van der Waals surface area contributed by atoms with E-state index in [0.29, 0.717) is 23.2 Å². The quantitative estimate of drug-likeness (QED) is 0.0664. The number of aromatic amines is 2. The number of benzene rings is 3. The van der Waals surface area contributed by atoms with Crippen molar-refractivity contribution in [3.05, 3.63) is 124 Å². The molecule has 0 bridgehead atoms. The summed E-state index contributed by atoms with van der Waals surface area (Å²) < 4.78 is 0. The SMILES string of the molecule is NCCC[C@@H]1NC(=O)[C@@H](Cc2ccccc2)NC(=O)[C@H](Cc2cnc[nH]2)NC(=O)c2cc([N+](=O)[O-])ccc2SC[C@@H](C(N)=O)NC(=O)[C@H](Cc2c[nH]c3ccccc23)NC1=O. The first kappa shape index (κ1) is 43.5. The van der Waals surface area contributed by atoms with Crippen molar-refractivity contribution in [2.75, 3.05) is 12.3 Å². The number of hydrogen-bond acceptors (Lipinski definition) is 11. The molecule has 6 amide bonds. The third kappa shape index (κ3) is 11.4. The molecule has 3 aromatic carbocycles. The van der Waals surface area contributed by atoms with E-state index in [4.69, 9.17) is 11.5 Å². The van der Waals surface area contributed by atoms with Crippen molar-refractivity contribution in [1.82, 2.24) is 41.5 Å². The summed E-state index contributed by atoms with van der Waals surface area (Å²) in [4.78, 5) is 105. The fourth-order valence-electron chi connectivity index (χ4n) is 6.83. The van der Waals surface area contributed by atoms with Gasteiger partial charge in [0, 0.05) is 71.0 Å². The van der Waals surface area contributed by atoms with Crippen molar-refractivity contribution < 1.29 is 33.7 Å². The van der Waals surface area contributed by atoms with Crippen LogP contribution >= 0.6 is 11.8 Å². The average molecular weight is 852 g/mol. The minimum Gasteiger partial charge on any atom is -0.368 e. The van der Waals surface area contributed by atoms with E-state index in [1.54, 1.807) is 36.5 Å². The van der Waals surface area contributed by atoms with Crippen LogP contribution in [0.1, 0.15) is 40.0 Å². The number of nitro benzene ring substituents is 1. The van der Waals surface area contributed by atoms with Crippen LogP contribution in [0, 0.1) is 10.1 Å². The Balaban J connectivity index is 1.42. The number of para-hydroxylation sites is 1. The van der Waals surface area contributed by atoms with Crippen LogP contribution in [-0.2, 0) is 43.2 Å². The maximum Gasteiger partial charge on any atom is 0.270 e. The van der Waals surface area contributed by atoms with Crippen LogP contribution in [0.3, 0.4) is 0 Å². The molecule has 11 N–H and O–H groups in total. The molecule has 5 aromatic rings. The number of nitrogens with one attached hydrogen (secondary N) is 7. The molecule has 61 heavy (non-hydrogen) atoms. The van der Waals surface area contributed by atoms with Gasteiger partial charge >= 0.3 is 0 Å². The highest BCUT2D eigenvalue weighted by molar-refractivity contribution is 7.99. The van der Waals surface area contributed by atoms with E-state index >= 15 is 0 Å². The third-order valence-electron chi connectivity index (χ3n) is 10.1. The third-order valence-corrected chi connectivity index (χ3v) is 11.2. The van der Waals surface area contributed by atoms with Gasteiger partial charge in [0.2, 0.25) is 29.5 Å². The monoisotopic (exact) mass is 851 g/mol. The van der Waals surface area contributed by atoms with Gasteiger partial charge in [-0.3, -0.25) is 38.9 Å². The van der Waals surface area contributed by atoms with Gasteiger partial charge < -0.3 is 48.0 Å². The molecule has 5 atom stereocenters. The largest absolute Gasteiger partial charge is 0.368 e. The Kier molecular flexibility index (Phi) is 14.5. The number of amides is 6. The number of nitro groups is 1. The van der Waals surface area contributed by atoms with Crippen LogP contribution < -0.4 is 38.1 Å². The lowest BCUT2D eigenvalue weighted by molar-refractivity contribution is -0.384. The summed E-state index contributed by atoms with van der Waals surface area (Å²) in [6, 6.07) is 13.1. The van der Waals surface area contributed by atoms with Crippen LogP contribution in [0.4, 0.5) is 5.69 Å². The number of nitrogens with zero attached hydrogens (tertiary/aromatic N) is 2. The fraction of sp³-hybridized carbons (Fsp3) is 0.293. The molecule has 0 saturated carbocycles. The van der Waals surface area contributed by atoms with Crippen LogP contribution in [0.5, 0.6) is 0 Å². The molecule has 0 fully saturated rings. The van der Waals surface area contributed by atoms with Gasteiger partial charge in [0.25, 0.3) is 11.6 Å². The number of carbonyl (C=O) groups excluding carboxylic acids is 6. The number of hydrogen-bond donors (Lipinski definition) is 9. The number of imidazole rings is 1. The molecule has 0 spiro atoms. The summed E-state index contributed by atoms with van der Waals surface area (Å²) in [5.74, 6) is -5.10. The first-order valence-electron chi connectivity index (χ1n) is 19.4. The highest BCUT2D eigenvalue weighted by Gasteiger charge is 2.34. The molecular weight excluding hydrogens is 807 g/mol. The predicted octanol–water partition coefficient (Wildman–Crippen LogP) is 0.895. The predicted molar refractivity (Wildman–Crippen MR) is 225 cm³/mol. The molecule has 6 rings (SSSR count). The Bertz CT molecular complexity index is 2390. The smallest absolute Gasteiger partial charge is 0.270 e. The zero-order chi connectivity index (χ0) is 43.5. The molecule has 20 heteroatoms. The molecular formula is C41H45N11O8S. The Morgan fingerprint density at radius 1 is 0.787 bits per heavy atom. The van der Waals surface area contributed by atoms with Crippen molar-refractivity contribution >= 4 is 63.8 Å². The van der Waals surface area contributed by atoms with Gasteiger partial charge in [-0.25, -0.2) is 4.98 Å². The number of non-ortho nitro benzene ring substituents is 1. The summed E-state index contributed by atoms with van der Waals surface area (Å²) in [6.07, 6.45) is 4.67. The maximum atomic E-state index is 14.3. The van der Waals surface area contributed by atoms with Crippen LogP contribution in [0.2, 0.25) is 0 Å². The molecule has 0 radical (unpaired) electrons. The Morgan fingerprint density at radius 3 is 2.13 bits per heavy atom. The van der Waals surface area contributed by atoms with E-state index in [1.165, 1.54) is 24.7 Å². The summed E-state index contributed by atoms with van der Waals surface area (Å²) in [6.45, 7) is 0.168. The van der Waals surface area contributed by atoms with Gasteiger partial charge in [-0.2, -0.15) is 0 Å². The average Bonchev–Trinajstić information content (AvgIpc) is 3.92. The molecule has 1 aliphatic rings. The van der Waals surface area contributed by atoms with Gasteiger partial charge in [-0.05, 0) is 42.6 Å². The van der Waals surface area contributed by atoms with Crippen molar-refractivity contribution in [2.24, 2.45) is 11.5 Å². The summed E-state index contributed by atoms with van der Waals surface area (Å²) in [5, 5.41) is 26.2. The molecule has 0 unspecified atom stereocenters. The minimum atomic E-state index is -1.36. The number of H-pyrrole nitrogens is 2. The first-order valence-corrected chi connectivity index (χ1v) is 20.4. The van der Waals surface area contributed by atoms with Gasteiger partial charge in [0.1, 0.15) is 30.2 Å². The van der Waals surface area contributed by atoms with Crippen molar-refractivity contribution in [3.8, 4) is 0 Å². The second-order valence-electron chi connectivity index (χ2n) is 14.4. The van der Waals surface area contributed by atoms with Gasteiger partial charge in [0.15, 0.2) is 0 Å². The molecule has 2 aromatic heterocycles. The van der Waals surface area contributed by atoms with Crippen LogP contribution in [0.15, 0.2) is 96.4 Å². The highest BCUT2D eigenvalue weighted by Crippen LogP contribution is 2.28. The van der Waals surface area contributed by atoms with Crippen LogP contribution in [0.25, 0.3) is 10.9 Å². The lowest BCUT2D eigenvalue weighted by Gasteiger charge is -2.27. The Labute approximate surface area is 353 Å². The topological polar surface area (TPSA) is 302 Å². The van der Waals surface area contributed by atoms with E-state index in [2.05, 4.69) is 41.5 Å². The molecule has 0 aliphatic carbocycles. The van der Waals surface area contributed by atoms with Gasteiger partial charge in [-0.15, -0.1) is 11.8 Å². The summed E-state index contributed by atoms with van der Waals surface area (Å²) in [7, 11) is 0. The van der Waals surface area contributed by atoms with Crippen LogP contribution in [-0.4, -0.2) is 97.8 Å². The number of thioether (sulfide) groups is 1. The first-order chi connectivity index (χ1) is 29.4. The number of carbonyl (C=O) groups is 6. The lowest BCUT2D eigenvalue weighted by atomic mass is 10.0. The van der Waals surface area contributed by atoms with E-state index < -0.39 is 76.3 Å². The van der Waals surface area contributed by atoms with E-state index in [0.717, 1.165) is 28.7 Å². The van der Waals surface area contributed by atoms with E-state index in [-0.39, 0.29) is 48.4 Å². The van der Waals surface area contributed by atoms with Gasteiger partial charge in [0.05, 0.1) is 16.8 Å². The second kappa shape index (κ2) is 20.3. The molecule has 19 nitrogen and oxygen atoms in total. The number of fused-ring (bicyclic) bond motifs is 2. The summed E-state index contributed by atoms with van der Waals surface area (Å²) >= 11 is 0.910. The van der Waals surface area contributed by atoms with Crippen molar-refractivity contribution in [3.63, 3.8) is 0 Å².